The number of fused-ring (bicyclic) bond motifs is 1. The molecule has 41 heavy (non-hydrogen) atoms. The molecule has 0 bridgehead atoms. The van der Waals surface area contributed by atoms with Gasteiger partial charge in [-0.1, -0.05) is 13.0 Å². The number of carbonyl (C=O) groups is 1. The van der Waals surface area contributed by atoms with Gasteiger partial charge in [0.25, 0.3) is 26.0 Å². The first-order chi connectivity index (χ1) is 19.4. The van der Waals surface area contributed by atoms with E-state index in [0.29, 0.717) is 5.75 Å². The second-order valence-corrected chi connectivity index (χ2v) is 14.7. The van der Waals surface area contributed by atoms with Gasteiger partial charge in [-0.3, -0.25) is 9.52 Å². The van der Waals surface area contributed by atoms with Gasteiger partial charge in [-0.25, -0.2) is 16.8 Å². The molecule has 222 valence electrons. The van der Waals surface area contributed by atoms with Crippen molar-refractivity contribution in [1.29, 1.82) is 0 Å². The number of thiophene rings is 1. The van der Waals surface area contributed by atoms with Crippen molar-refractivity contribution in [3.8, 4) is 11.5 Å². The van der Waals surface area contributed by atoms with Crippen LogP contribution >= 0.6 is 11.3 Å². The first kappa shape index (κ1) is 30.8. The Bertz CT molecular complexity index is 1580. The number of aliphatic hydroxyl groups is 1. The molecule has 0 radical (unpaired) electrons. The van der Waals surface area contributed by atoms with Gasteiger partial charge in [-0.2, -0.15) is 4.31 Å². The fourth-order valence-electron chi connectivity index (χ4n) is 4.39. The number of aliphatic hydroxyl groups excluding tert-OH is 1. The molecule has 11 nitrogen and oxygen atoms in total. The topological polar surface area (TPSA) is 143 Å². The quantitative estimate of drug-likeness (QED) is 0.351. The van der Waals surface area contributed by atoms with Crippen LogP contribution < -0.4 is 14.2 Å². The molecule has 1 amide bonds. The molecule has 2 heterocycles. The number of rotatable bonds is 10. The van der Waals surface area contributed by atoms with Gasteiger partial charge < -0.3 is 19.5 Å². The van der Waals surface area contributed by atoms with Gasteiger partial charge in [-0.05, 0) is 60.8 Å². The van der Waals surface area contributed by atoms with Crippen molar-refractivity contribution >= 4 is 43.0 Å². The van der Waals surface area contributed by atoms with Crippen molar-refractivity contribution < 1.29 is 36.2 Å². The number of carbonyl (C=O) groups excluding carboxylic acids is 1. The second kappa shape index (κ2) is 12.4. The summed E-state index contributed by atoms with van der Waals surface area (Å²) in [5, 5.41) is 11.6. The van der Waals surface area contributed by atoms with E-state index < -0.39 is 38.1 Å². The highest BCUT2D eigenvalue weighted by molar-refractivity contribution is 7.92. The molecular weight excluding hydrogens is 591 g/mol. The molecule has 4 rings (SSSR count). The van der Waals surface area contributed by atoms with Crippen molar-refractivity contribution in [2.75, 3.05) is 38.6 Å². The third-order valence-electron chi connectivity index (χ3n) is 6.88. The first-order valence-electron chi connectivity index (χ1n) is 12.8. The Morgan fingerprint density at radius 1 is 1.17 bits per heavy atom. The van der Waals surface area contributed by atoms with E-state index >= 15 is 0 Å². The maximum atomic E-state index is 13.7. The Labute approximate surface area is 244 Å². The molecule has 3 atom stereocenters. The summed E-state index contributed by atoms with van der Waals surface area (Å²) in [6.07, 6.45) is -0.656. The van der Waals surface area contributed by atoms with Crippen LogP contribution in [0.15, 0.2) is 69.1 Å². The summed E-state index contributed by atoms with van der Waals surface area (Å²) in [6, 6.07) is 12.8. The van der Waals surface area contributed by atoms with Crippen LogP contribution in [0.25, 0.3) is 0 Å². The number of anilines is 1. The lowest BCUT2D eigenvalue weighted by molar-refractivity contribution is 0.0387. The Hall–Kier alpha value is -3.17. The summed E-state index contributed by atoms with van der Waals surface area (Å²) in [5.74, 6) is -0.0771. The normalized spacial score (nSPS) is 18.7. The van der Waals surface area contributed by atoms with Gasteiger partial charge in [0.1, 0.15) is 21.8 Å². The number of benzene rings is 2. The highest BCUT2D eigenvalue weighted by Crippen LogP contribution is 2.32. The van der Waals surface area contributed by atoms with Crippen molar-refractivity contribution in [3.63, 3.8) is 0 Å². The molecule has 0 aliphatic carbocycles. The summed E-state index contributed by atoms with van der Waals surface area (Å²) < 4.78 is 67.5. The van der Waals surface area contributed by atoms with Gasteiger partial charge in [0.05, 0.1) is 36.8 Å². The predicted molar refractivity (Wildman–Crippen MR) is 156 cm³/mol. The molecule has 0 unspecified atom stereocenters. The van der Waals surface area contributed by atoms with Crippen LogP contribution in [0.3, 0.4) is 0 Å². The molecule has 1 aliphatic rings. The number of hydrogen-bond donors (Lipinski definition) is 2. The zero-order valence-electron chi connectivity index (χ0n) is 23.1. The Morgan fingerprint density at radius 3 is 2.49 bits per heavy atom. The average Bonchev–Trinajstić information content (AvgIpc) is 3.51. The molecule has 2 aromatic carbocycles. The summed E-state index contributed by atoms with van der Waals surface area (Å²) in [5.41, 5.74) is 0.219. The Kier molecular flexibility index (Phi) is 9.29. The number of sulfonamides is 2. The Balaban J connectivity index is 1.67. The van der Waals surface area contributed by atoms with E-state index in [-0.39, 0.29) is 51.7 Å². The van der Waals surface area contributed by atoms with Gasteiger partial charge >= 0.3 is 0 Å². The lowest BCUT2D eigenvalue weighted by atomic mass is 9.99. The molecule has 0 spiro atoms. The van der Waals surface area contributed by atoms with Gasteiger partial charge in [0.2, 0.25) is 0 Å². The fraction of sp³-hybridized carbons (Fsp3) is 0.370. The second-order valence-electron chi connectivity index (χ2n) is 9.83. The molecule has 3 aromatic rings. The molecular formula is C27H33N3O8S3. The van der Waals surface area contributed by atoms with Crippen LogP contribution in [0.2, 0.25) is 0 Å². The summed E-state index contributed by atoms with van der Waals surface area (Å²) in [7, 11) is -4.79. The number of methoxy groups -OCH3 is 1. The monoisotopic (exact) mass is 623 g/mol. The van der Waals surface area contributed by atoms with Crippen LogP contribution in [-0.4, -0.2) is 83.1 Å². The number of amides is 1. The molecule has 0 fully saturated rings. The van der Waals surface area contributed by atoms with Crippen molar-refractivity contribution in [1.82, 2.24) is 9.21 Å². The van der Waals surface area contributed by atoms with E-state index in [1.165, 1.54) is 71.9 Å². The SMILES string of the molecule is COc1ccc(S(=O)(=O)Nc2ccc3c(c2)C(=O)N([C@@H](C)CO)C[C@@H](C)[C@@H](CN(C)S(=O)(=O)c2cccs2)O3)cc1. The van der Waals surface area contributed by atoms with Gasteiger partial charge in [0.15, 0.2) is 0 Å². The summed E-state index contributed by atoms with van der Waals surface area (Å²) >= 11 is 1.12. The standard InChI is InChI=1S/C27H33N3O8S3/c1-18-15-30(19(2)17-31)27(32)23-14-20(28-40(33,34)22-10-8-21(37-4)9-11-22)7-12-24(23)38-25(18)16-29(3)41(35,36)26-6-5-13-39-26/h5-14,18-19,25,28,31H,15-17H2,1-4H3/t18-,19+,25-/m1/s1. The predicted octanol–water partition coefficient (Wildman–Crippen LogP) is 3.10. The highest BCUT2D eigenvalue weighted by atomic mass is 32.2. The number of likely N-dealkylation sites (N-methyl/N-ethyl adjacent to an activating group) is 1. The number of nitrogens with one attached hydrogen (secondary N) is 1. The number of nitrogens with zero attached hydrogens (tertiary/aromatic N) is 2. The van der Waals surface area contributed by atoms with Gasteiger partial charge in [-0.15, -0.1) is 11.3 Å². The Morgan fingerprint density at radius 2 is 1.88 bits per heavy atom. The van der Waals surface area contributed by atoms with E-state index in [2.05, 4.69) is 4.72 Å². The molecule has 0 saturated heterocycles. The van der Waals surface area contributed by atoms with Crippen LogP contribution in [0.5, 0.6) is 11.5 Å². The van der Waals surface area contributed by atoms with E-state index in [1.54, 1.807) is 18.4 Å². The minimum Gasteiger partial charge on any atom is -0.497 e. The minimum atomic E-state index is -3.99. The van der Waals surface area contributed by atoms with E-state index in [9.17, 15) is 26.7 Å². The molecule has 14 heteroatoms. The minimum absolute atomic E-state index is 0.00221. The van der Waals surface area contributed by atoms with E-state index in [1.807, 2.05) is 6.92 Å². The summed E-state index contributed by atoms with van der Waals surface area (Å²) in [6.45, 7) is 3.44. The average molecular weight is 624 g/mol. The van der Waals surface area contributed by atoms with Crippen LogP contribution in [0.4, 0.5) is 5.69 Å². The lowest BCUT2D eigenvalue weighted by Gasteiger charge is -2.38. The van der Waals surface area contributed by atoms with Crippen LogP contribution in [0.1, 0.15) is 24.2 Å². The van der Waals surface area contributed by atoms with Crippen molar-refractivity contribution in [3.05, 3.63) is 65.5 Å². The van der Waals surface area contributed by atoms with E-state index in [4.69, 9.17) is 9.47 Å². The zero-order chi connectivity index (χ0) is 29.9. The van der Waals surface area contributed by atoms with Crippen LogP contribution in [-0.2, 0) is 20.0 Å². The smallest absolute Gasteiger partial charge is 0.261 e. The maximum absolute atomic E-state index is 13.7. The molecule has 1 aromatic heterocycles. The zero-order valence-corrected chi connectivity index (χ0v) is 25.5. The number of hydrogen-bond acceptors (Lipinski definition) is 9. The summed E-state index contributed by atoms with van der Waals surface area (Å²) in [4.78, 5) is 15.2. The third kappa shape index (κ3) is 6.67. The largest absolute Gasteiger partial charge is 0.497 e. The number of ether oxygens (including phenoxy) is 2. The highest BCUT2D eigenvalue weighted by Gasteiger charge is 2.35. The molecule has 0 saturated carbocycles. The van der Waals surface area contributed by atoms with E-state index in [0.717, 1.165) is 11.3 Å². The van der Waals surface area contributed by atoms with Gasteiger partial charge in [0, 0.05) is 25.2 Å². The van der Waals surface area contributed by atoms with Crippen molar-refractivity contribution in [2.24, 2.45) is 5.92 Å². The maximum Gasteiger partial charge on any atom is 0.261 e. The van der Waals surface area contributed by atoms with Crippen molar-refractivity contribution in [2.45, 2.75) is 35.1 Å². The first-order valence-corrected chi connectivity index (χ1v) is 16.6. The third-order valence-corrected chi connectivity index (χ3v) is 11.5. The molecule has 1 aliphatic heterocycles. The van der Waals surface area contributed by atoms with Crippen LogP contribution in [0, 0.1) is 5.92 Å². The fourth-order valence-corrected chi connectivity index (χ4v) is 7.82. The lowest BCUT2D eigenvalue weighted by Crippen LogP contribution is -2.50. The molecule has 2 N–H and O–H groups in total.